The number of rotatable bonds is 74. The normalized spacial score (nSPS) is 14.0. The maximum atomic E-state index is 13.1. The minimum absolute atomic E-state index is 0.107. The molecule has 0 aromatic heterocycles. The van der Waals surface area contributed by atoms with Gasteiger partial charge in [-0.2, -0.15) is 0 Å². The zero-order valence-electron chi connectivity index (χ0n) is 60.4. The van der Waals surface area contributed by atoms with Gasteiger partial charge in [-0.05, 0) is 31.6 Å². The van der Waals surface area contributed by atoms with E-state index in [1.54, 1.807) is 0 Å². The summed E-state index contributed by atoms with van der Waals surface area (Å²) in [5.74, 6) is -1.35. The molecule has 0 amide bonds. The molecule has 0 saturated carbocycles. The van der Waals surface area contributed by atoms with Crippen LogP contribution in [-0.4, -0.2) is 96.7 Å². The summed E-state index contributed by atoms with van der Waals surface area (Å²) in [5, 5.41) is 10.6. The van der Waals surface area contributed by atoms with Crippen LogP contribution in [0.25, 0.3) is 0 Å². The maximum Gasteiger partial charge on any atom is 0.472 e. The van der Waals surface area contributed by atoms with Gasteiger partial charge >= 0.3 is 39.5 Å². The van der Waals surface area contributed by atoms with Gasteiger partial charge in [-0.15, -0.1) is 0 Å². The molecule has 2 unspecified atom stereocenters. The molecule has 3 N–H and O–H groups in total. The molecule has 552 valence electrons. The van der Waals surface area contributed by atoms with E-state index in [9.17, 15) is 43.2 Å². The lowest BCUT2D eigenvalue weighted by Gasteiger charge is -2.21. The highest BCUT2D eigenvalue weighted by molar-refractivity contribution is 7.47. The summed E-state index contributed by atoms with van der Waals surface area (Å²) < 4.78 is 68.4. The largest absolute Gasteiger partial charge is 0.472 e. The molecule has 0 radical (unpaired) electrons. The molecule has 0 aromatic rings. The minimum atomic E-state index is -4.95. The zero-order valence-corrected chi connectivity index (χ0v) is 62.2. The number of unbranched alkanes of at least 4 members (excludes halogenated alkanes) is 46. The first-order chi connectivity index (χ1) is 45.0. The molecule has 0 heterocycles. The van der Waals surface area contributed by atoms with Gasteiger partial charge in [0.25, 0.3) is 0 Å². The van der Waals surface area contributed by atoms with E-state index in [-0.39, 0.29) is 25.7 Å². The Morgan fingerprint density at radius 2 is 0.495 bits per heavy atom. The lowest BCUT2D eigenvalue weighted by molar-refractivity contribution is -0.161. The monoisotopic (exact) mass is 1370 g/mol. The fourth-order valence-electron chi connectivity index (χ4n) is 11.4. The van der Waals surface area contributed by atoms with E-state index in [0.29, 0.717) is 25.7 Å². The van der Waals surface area contributed by atoms with Gasteiger partial charge in [0.15, 0.2) is 12.2 Å². The van der Waals surface area contributed by atoms with Gasteiger partial charge in [-0.1, -0.05) is 336 Å². The van der Waals surface area contributed by atoms with Crippen molar-refractivity contribution >= 4 is 39.5 Å². The van der Waals surface area contributed by atoms with Crippen LogP contribution in [0.2, 0.25) is 0 Å². The molecule has 0 saturated heterocycles. The Labute approximate surface area is 568 Å². The van der Waals surface area contributed by atoms with Gasteiger partial charge in [0.1, 0.15) is 19.3 Å². The molecular weight excluding hydrogens is 1220 g/mol. The lowest BCUT2D eigenvalue weighted by Crippen LogP contribution is -2.30. The number of hydrogen-bond acceptors (Lipinski definition) is 15. The highest BCUT2D eigenvalue weighted by atomic mass is 31.2. The fraction of sp³-hybridized carbons (Fsp3) is 0.946. The molecule has 93 heavy (non-hydrogen) atoms. The van der Waals surface area contributed by atoms with E-state index < -0.39 is 97.5 Å². The summed E-state index contributed by atoms with van der Waals surface area (Å²) in [4.78, 5) is 72.7. The maximum absolute atomic E-state index is 13.1. The molecule has 0 aliphatic rings. The summed E-state index contributed by atoms with van der Waals surface area (Å²) >= 11 is 0. The van der Waals surface area contributed by atoms with E-state index in [2.05, 4.69) is 34.6 Å². The Hall–Kier alpha value is -1.94. The van der Waals surface area contributed by atoms with Crippen molar-refractivity contribution in [3.63, 3.8) is 0 Å². The second-order valence-corrected chi connectivity index (χ2v) is 30.1. The SMILES string of the molecule is CCCCCCCCCCCCCCCCCCC(=O)O[C@H](COC(=O)CCCCCCCCCCCCCCCCC)COP(=O)(O)OC[C@@H](O)COP(=O)(O)OC[C@@H](COC(=O)CCCCCCCCCC)OC(=O)CCCCCCCCCCCCCC(C)C. The average Bonchev–Trinajstić information content (AvgIpc) is 1.83. The quantitative estimate of drug-likeness (QED) is 0.0222. The zero-order chi connectivity index (χ0) is 68.4. The molecule has 0 rings (SSSR count). The van der Waals surface area contributed by atoms with Crippen LogP contribution in [0.15, 0.2) is 0 Å². The number of hydrogen-bond donors (Lipinski definition) is 3. The van der Waals surface area contributed by atoms with Crippen molar-refractivity contribution in [3.8, 4) is 0 Å². The summed E-state index contributed by atoms with van der Waals surface area (Å²) in [7, 11) is -9.90. The predicted molar refractivity (Wildman–Crippen MR) is 377 cm³/mol. The third-order valence-corrected chi connectivity index (χ3v) is 19.2. The van der Waals surface area contributed by atoms with E-state index in [1.807, 2.05) is 0 Å². The summed E-state index contributed by atoms with van der Waals surface area (Å²) in [5.41, 5.74) is 0. The predicted octanol–water partition coefficient (Wildman–Crippen LogP) is 21.7. The smallest absolute Gasteiger partial charge is 0.462 e. The number of phosphoric ester groups is 2. The highest BCUT2D eigenvalue weighted by Crippen LogP contribution is 2.45. The molecule has 0 aromatic carbocycles. The van der Waals surface area contributed by atoms with Crippen molar-refractivity contribution in [2.24, 2.45) is 5.92 Å². The van der Waals surface area contributed by atoms with Crippen LogP contribution in [0.3, 0.4) is 0 Å². The molecule has 0 aliphatic heterocycles. The number of phosphoric acid groups is 2. The molecule has 0 aliphatic carbocycles. The van der Waals surface area contributed by atoms with Gasteiger partial charge in [0.2, 0.25) is 0 Å². The first kappa shape index (κ1) is 91.1. The standard InChI is InChI=1S/C74H144O17P2/c1-6-9-12-15-18-21-23-25-27-29-31-35-39-44-49-54-59-73(78)91-70(64-85-72(77)58-53-48-43-38-34-30-28-26-24-22-19-16-13-10-7-2)66-89-93(82,83)87-62-68(75)61-86-92(80,81)88-65-69(63-84-71(76)57-52-47-42-20-17-14-11-8-3)90-74(79)60-55-50-45-40-36-32-33-37-41-46-51-56-67(4)5/h67-70,75H,6-66H2,1-5H3,(H,80,81)(H,82,83)/t68-,69+,70+/m0/s1. The van der Waals surface area contributed by atoms with Gasteiger partial charge in [0.05, 0.1) is 26.4 Å². The van der Waals surface area contributed by atoms with Gasteiger partial charge in [-0.3, -0.25) is 37.3 Å². The Bertz CT molecular complexity index is 1790. The minimum Gasteiger partial charge on any atom is -0.462 e. The Balaban J connectivity index is 5.22. The van der Waals surface area contributed by atoms with Gasteiger partial charge in [-0.25, -0.2) is 9.13 Å². The first-order valence-electron chi connectivity index (χ1n) is 38.6. The van der Waals surface area contributed by atoms with Crippen LogP contribution in [0.1, 0.15) is 388 Å². The van der Waals surface area contributed by atoms with Crippen LogP contribution < -0.4 is 0 Å². The average molecular weight is 1370 g/mol. The van der Waals surface area contributed by atoms with Crippen LogP contribution in [0.5, 0.6) is 0 Å². The number of aliphatic hydroxyl groups excluding tert-OH is 1. The van der Waals surface area contributed by atoms with E-state index in [1.165, 1.54) is 205 Å². The van der Waals surface area contributed by atoms with E-state index in [4.69, 9.17) is 37.0 Å². The highest BCUT2D eigenvalue weighted by Gasteiger charge is 2.30. The third-order valence-electron chi connectivity index (χ3n) is 17.3. The number of carbonyl (C=O) groups is 4. The lowest BCUT2D eigenvalue weighted by atomic mass is 10.0. The van der Waals surface area contributed by atoms with E-state index in [0.717, 1.165) is 102 Å². The second-order valence-electron chi connectivity index (χ2n) is 27.2. The molecular formula is C74H144O17P2. The van der Waals surface area contributed by atoms with Crippen molar-refractivity contribution in [1.29, 1.82) is 0 Å². The van der Waals surface area contributed by atoms with Crippen molar-refractivity contribution in [2.45, 2.75) is 406 Å². The van der Waals surface area contributed by atoms with E-state index >= 15 is 0 Å². The van der Waals surface area contributed by atoms with Crippen LogP contribution in [0, 0.1) is 5.92 Å². The van der Waals surface area contributed by atoms with Crippen LogP contribution in [0.4, 0.5) is 0 Å². The van der Waals surface area contributed by atoms with Gasteiger partial charge in [0, 0.05) is 25.7 Å². The summed E-state index contributed by atoms with van der Waals surface area (Å²) in [6.45, 7) is 7.26. The van der Waals surface area contributed by atoms with Crippen LogP contribution in [-0.2, 0) is 65.4 Å². The van der Waals surface area contributed by atoms with Gasteiger partial charge < -0.3 is 33.8 Å². The number of aliphatic hydroxyl groups is 1. The number of esters is 4. The second kappa shape index (κ2) is 67.3. The molecule has 19 heteroatoms. The molecule has 5 atom stereocenters. The fourth-order valence-corrected chi connectivity index (χ4v) is 12.9. The summed E-state index contributed by atoms with van der Waals surface area (Å²) in [6.07, 6.45) is 55.4. The Morgan fingerprint density at radius 1 is 0.290 bits per heavy atom. The molecule has 17 nitrogen and oxygen atoms in total. The third kappa shape index (κ3) is 68.4. The number of ether oxygens (including phenoxy) is 4. The Morgan fingerprint density at radius 3 is 0.731 bits per heavy atom. The van der Waals surface area contributed by atoms with Crippen LogP contribution >= 0.6 is 15.6 Å². The van der Waals surface area contributed by atoms with Crippen molar-refractivity contribution in [2.75, 3.05) is 39.6 Å². The molecule has 0 bridgehead atoms. The van der Waals surface area contributed by atoms with Crippen molar-refractivity contribution < 1.29 is 80.2 Å². The first-order valence-corrected chi connectivity index (χ1v) is 41.6. The van der Waals surface area contributed by atoms with Crippen molar-refractivity contribution in [3.05, 3.63) is 0 Å². The topological polar surface area (TPSA) is 237 Å². The van der Waals surface area contributed by atoms with Crippen molar-refractivity contribution in [1.82, 2.24) is 0 Å². The number of carbonyl (C=O) groups excluding carboxylic acids is 4. The Kier molecular flexibility index (Phi) is 65.9. The molecule has 0 spiro atoms. The molecule has 0 fully saturated rings. The summed E-state index contributed by atoms with van der Waals surface area (Å²) in [6, 6.07) is 0.